The summed E-state index contributed by atoms with van der Waals surface area (Å²) in [6.45, 7) is -0.0316. The van der Waals surface area contributed by atoms with Crippen LogP contribution >= 0.6 is 0 Å². The number of para-hydroxylation sites is 2. The third kappa shape index (κ3) is 6.12. The molecule has 0 aliphatic carbocycles. The van der Waals surface area contributed by atoms with E-state index in [0.29, 0.717) is 0 Å². The minimum absolute atomic E-state index is 0.0316. The molecule has 0 saturated carbocycles. The largest absolute Gasteiger partial charge is 0.311 e. The molecule has 65 heavy (non-hydrogen) atoms. The fourth-order valence-corrected chi connectivity index (χ4v) is 10.7. The fourth-order valence-electron chi connectivity index (χ4n) is 10.7. The first-order chi connectivity index (χ1) is 32.2. The van der Waals surface area contributed by atoms with Gasteiger partial charge in [-0.15, -0.1) is 0 Å². The van der Waals surface area contributed by atoms with Crippen molar-refractivity contribution in [2.75, 3.05) is 9.80 Å². The van der Waals surface area contributed by atoms with Crippen LogP contribution in [0.5, 0.6) is 0 Å². The Kier molecular flexibility index (Phi) is 8.67. The highest BCUT2D eigenvalue weighted by molar-refractivity contribution is 7.00. The predicted octanol–water partition coefficient (Wildman–Crippen LogP) is 14.7. The monoisotopic (exact) mass is 824 g/mol. The molecule has 0 amide bonds. The standard InChI is InChI=1S/C62H41BN2/c1-6-20-42(21-7-1)49-34-53(43-22-8-2-9-23-43)61(54(35-49)44-24-10-3-11-25-44)50-40-59-62-60(41-50)65(52-32-14-5-15-33-52)58-39-48-29-19-17-27-46(48)37-56(58)63(62)55-36-45-26-16-18-28-47(45)38-57(55)64(59)51-30-12-4-13-31-51/h1-41H. The van der Waals surface area contributed by atoms with E-state index in [-0.39, 0.29) is 6.71 Å². The van der Waals surface area contributed by atoms with Gasteiger partial charge in [-0.2, -0.15) is 0 Å². The first-order valence-corrected chi connectivity index (χ1v) is 22.5. The van der Waals surface area contributed by atoms with E-state index in [9.17, 15) is 0 Å². The minimum Gasteiger partial charge on any atom is -0.311 e. The van der Waals surface area contributed by atoms with Crippen molar-refractivity contribution in [3.63, 3.8) is 0 Å². The zero-order chi connectivity index (χ0) is 42.8. The van der Waals surface area contributed by atoms with E-state index in [0.717, 1.165) is 16.9 Å². The Hall–Kier alpha value is -8.40. The summed E-state index contributed by atoms with van der Waals surface area (Å²) in [4.78, 5) is 5.08. The van der Waals surface area contributed by atoms with Crippen molar-refractivity contribution in [3.8, 4) is 44.5 Å². The van der Waals surface area contributed by atoms with Crippen molar-refractivity contribution in [3.05, 3.63) is 249 Å². The van der Waals surface area contributed by atoms with E-state index in [2.05, 4.69) is 259 Å². The number of rotatable bonds is 6. The molecule has 2 aliphatic heterocycles. The fraction of sp³-hybridized carbons (Fsp3) is 0. The summed E-state index contributed by atoms with van der Waals surface area (Å²) in [7, 11) is 0. The minimum atomic E-state index is -0.0316. The van der Waals surface area contributed by atoms with Crippen LogP contribution in [0.3, 0.4) is 0 Å². The molecule has 0 bridgehead atoms. The molecule has 0 aromatic heterocycles. The molecule has 302 valence electrons. The van der Waals surface area contributed by atoms with Gasteiger partial charge < -0.3 is 9.80 Å². The van der Waals surface area contributed by atoms with Gasteiger partial charge in [-0.05, 0) is 143 Å². The van der Waals surface area contributed by atoms with Crippen LogP contribution in [0.1, 0.15) is 0 Å². The van der Waals surface area contributed by atoms with E-state index in [1.165, 1.54) is 99.6 Å². The third-order valence-corrected chi connectivity index (χ3v) is 13.5. The van der Waals surface area contributed by atoms with Gasteiger partial charge in [0.2, 0.25) is 0 Å². The average Bonchev–Trinajstić information content (AvgIpc) is 3.38. The first kappa shape index (κ1) is 37.2. The molecule has 2 aliphatic rings. The number of nitrogens with zero attached hydrogens (tertiary/aromatic N) is 2. The highest BCUT2D eigenvalue weighted by Gasteiger charge is 2.44. The molecule has 0 atom stereocenters. The molecule has 0 saturated heterocycles. The van der Waals surface area contributed by atoms with Gasteiger partial charge in [-0.25, -0.2) is 0 Å². The lowest BCUT2D eigenvalue weighted by molar-refractivity contribution is 1.26. The maximum Gasteiger partial charge on any atom is 0.252 e. The van der Waals surface area contributed by atoms with Crippen molar-refractivity contribution in [1.82, 2.24) is 0 Å². The van der Waals surface area contributed by atoms with E-state index < -0.39 is 0 Å². The van der Waals surface area contributed by atoms with Crippen LogP contribution in [-0.2, 0) is 0 Å². The molecule has 11 aromatic rings. The van der Waals surface area contributed by atoms with E-state index in [4.69, 9.17) is 0 Å². The molecule has 2 nitrogen and oxygen atoms in total. The van der Waals surface area contributed by atoms with E-state index in [1.807, 2.05) is 0 Å². The molecular weight excluding hydrogens is 784 g/mol. The van der Waals surface area contributed by atoms with Gasteiger partial charge in [0.15, 0.2) is 0 Å². The molecule has 3 heteroatoms. The van der Waals surface area contributed by atoms with Gasteiger partial charge in [0.25, 0.3) is 6.71 Å². The molecule has 0 N–H and O–H groups in total. The quantitative estimate of drug-likeness (QED) is 0.154. The molecule has 13 rings (SSSR count). The number of hydrogen-bond acceptors (Lipinski definition) is 2. The summed E-state index contributed by atoms with van der Waals surface area (Å²) < 4.78 is 0. The second-order valence-corrected chi connectivity index (χ2v) is 17.3. The number of benzene rings is 11. The average molecular weight is 825 g/mol. The van der Waals surface area contributed by atoms with Crippen molar-refractivity contribution in [2.24, 2.45) is 0 Å². The van der Waals surface area contributed by atoms with Gasteiger partial charge >= 0.3 is 0 Å². The molecule has 2 heterocycles. The van der Waals surface area contributed by atoms with Crippen LogP contribution in [0.15, 0.2) is 249 Å². The van der Waals surface area contributed by atoms with Crippen LogP contribution in [0.4, 0.5) is 34.1 Å². The zero-order valence-electron chi connectivity index (χ0n) is 35.6. The highest BCUT2D eigenvalue weighted by Crippen LogP contribution is 2.50. The Morgan fingerprint density at radius 1 is 0.262 bits per heavy atom. The van der Waals surface area contributed by atoms with Crippen LogP contribution in [0.25, 0.3) is 66.1 Å². The number of fused-ring (bicyclic) bond motifs is 6. The van der Waals surface area contributed by atoms with Crippen molar-refractivity contribution in [1.29, 1.82) is 0 Å². The summed E-state index contributed by atoms with van der Waals surface area (Å²) in [5.41, 5.74) is 20.4. The maximum absolute atomic E-state index is 2.54. The lowest BCUT2D eigenvalue weighted by Gasteiger charge is -2.45. The van der Waals surface area contributed by atoms with E-state index in [1.54, 1.807) is 0 Å². The van der Waals surface area contributed by atoms with Gasteiger partial charge in [-0.1, -0.05) is 188 Å². The van der Waals surface area contributed by atoms with Gasteiger partial charge in [0.05, 0.1) is 0 Å². The lowest BCUT2D eigenvalue weighted by atomic mass is 9.33. The van der Waals surface area contributed by atoms with Crippen LogP contribution < -0.4 is 26.2 Å². The molecule has 0 fully saturated rings. The zero-order valence-corrected chi connectivity index (χ0v) is 35.6. The number of anilines is 6. The maximum atomic E-state index is 2.54. The summed E-state index contributed by atoms with van der Waals surface area (Å²) in [6.07, 6.45) is 0. The topological polar surface area (TPSA) is 6.48 Å². The van der Waals surface area contributed by atoms with Crippen molar-refractivity contribution in [2.45, 2.75) is 0 Å². The second-order valence-electron chi connectivity index (χ2n) is 17.3. The smallest absolute Gasteiger partial charge is 0.252 e. The second kappa shape index (κ2) is 15.2. The highest BCUT2D eigenvalue weighted by atomic mass is 15.2. The summed E-state index contributed by atoms with van der Waals surface area (Å²) in [6, 6.07) is 91.9. The Bertz CT molecular complexity index is 3380. The van der Waals surface area contributed by atoms with Crippen molar-refractivity contribution < 1.29 is 0 Å². The molecule has 0 spiro atoms. The molecule has 0 unspecified atom stereocenters. The molecular formula is C62H41BN2. The summed E-state index contributed by atoms with van der Waals surface area (Å²) in [5.74, 6) is 0. The Morgan fingerprint density at radius 2 is 0.615 bits per heavy atom. The molecule has 11 aromatic carbocycles. The van der Waals surface area contributed by atoms with Crippen LogP contribution in [-0.4, -0.2) is 6.71 Å². The number of hydrogen-bond donors (Lipinski definition) is 0. The van der Waals surface area contributed by atoms with Crippen molar-refractivity contribution >= 4 is 78.8 Å². The summed E-state index contributed by atoms with van der Waals surface area (Å²) >= 11 is 0. The predicted molar refractivity (Wildman–Crippen MR) is 277 cm³/mol. The third-order valence-electron chi connectivity index (χ3n) is 13.5. The normalized spacial score (nSPS) is 12.5. The van der Waals surface area contributed by atoms with Crippen LogP contribution in [0, 0.1) is 0 Å². The first-order valence-electron chi connectivity index (χ1n) is 22.5. The van der Waals surface area contributed by atoms with Gasteiger partial charge in [-0.3, -0.25) is 0 Å². The van der Waals surface area contributed by atoms with E-state index >= 15 is 0 Å². The Morgan fingerprint density at radius 3 is 1.03 bits per heavy atom. The summed E-state index contributed by atoms with van der Waals surface area (Å²) in [5, 5.41) is 4.93. The SMILES string of the molecule is c1ccc(-c2cc(-c3ccccc3)c(-c3cc4c5c(c3)N(c3ccccc3)c3cc6ccccc6cc3B5c3cc5ccccc5cc3N4c3ccccc3)c(-c3ccccc3)c2)cc1. The molecule has 0 radical (unpaired) electrons. The Balaban J connectivity index is 1.20. The van der Waals surface area contributed by atoms with Gasteiger partial charge in [0.1, 0.15) is 0 Å². The van der Waals surface area contributed by atoms with Crippen LogP contribution in [0.2, 0.25) is 0 Å². The Labute approximate surface area is 380 Å². The lowest BCUT2D eigenvalue weighted by Crippen LogP contribution is -2.61. The van der Waals surface area contributed by atoms with Gasteiger partial charge in [0, 0.05) is 34.1 Å².